The van der Waals surface area contributed by atoms with Crippen LogP contribution in [-0.2, 0) is 4.79 Å². The first-order valence-corrected chi connectivity index (χ1v) is 8.40. The molecule has 0 rings (SSSR count). The maximum atomic E-state index is 10.3. The van der Waals surface area contributed by atoms with Crippen LogP contribution in [0.5, 0.6) is 0 Å². The summed E-state index contributed by atoms with van der Waals surface area (Å²) in [5, 5.41) is 14.7. The SMILES string of the molecule is CCCCCCCCCCCNCCCNCC(=O)O. The van der Waals surface area contributed by atoms with Gasteiger partial charge in [0.15, 0.2) is 0 Å². The smallest absolute Gasteiger partial charge is 0.317 e. The minimum Gasteiger partial charge on any atom is -0.480 e. The van der Waals surface area contributed by atoms with Gasteiger partial charge < -0.3 is 15.7 Å². The lowest BCUT2D eigenvalue weighted by molar-refractivity contribution is -0.135. The molecule has 0 aliphatic rings. The van der Waals surface area contributed by atoms with Crippen molar-refractivity contribution in [2.24, 2.45) is 0 Å². The molecule has 0 heterocycles. The lowest BCUT2D eigenvalue weighted by atomic mass is 10.1. The van der Waals surface area contributed by atoms with Gasteiger partial charge in [0.05, 0.1) is 6.54 Å². The first-order chi connectivity index (χ1) is 9.77. The van der Waals surface area contributed by atoms with Crippen LogP contribution in [0.4, 0.5) is 0 Å². The summed E-state index contributed by atoms with van der Waals surface area (Å²) >= 11 is 0. The summed E-state index contributed by atoms with van der Waals surface area (Å²) in [7, 11) is 0. The number of hydrogen-bond donors (Lipinski definition) is 3. The zero-order chi connectivity index (χ0) is 14.9. The van der Waals surface area contributed by atoms with Gasteiger partial charge >= 0.3 is 5.97 Å². The summed E-state index contributed by atoms with van der Waals surface area (Å²) < 4.78 is 0. The summed E-state index contributed by atoms with van der Waals surface area (Å²) in [5.74, 6) is -0.785. The molecule has 0 amide bonds. The van der Waals surface area contributed by atoms with Gasteiger partial charge in [-0.1, -0.05) is 58.3 Å². The quantitative estimate of drug-likeness (QED) is 0.381. The monoisotopic (exact) mass is 286 g/mol. The van der Waals surface area contributed by atoms with E-state index in [9.17, 15) is 4.79 Å². The lowest BCUT2D eigenvalue weighted by Crippen LogP contribution is -2.26. The predicted molar refractivity (Wildman–Crippen MR) is 85.2 cm³/mol. The highest BCUT2D eigenvalue weighted by molar-refractivity contribution is 5.68. The summed E-state index contributed by atoms with van der Waals surface area (Å²) in [6.45, 7) is 5.17. The van der Waals surface area contributed by atoms with Crippen LogP contribution >= 0.6 is 0 Å². The molecule has 0 spiro atoms. The molecule has 0 radical (unpaired) electrons. The van der Waals surface area contributed by atoms with Crippen LogP contribution in [0, 0.1) is 0 Å². The van der Waals surface area contributed by atoms with E-state index in [2.05, 4.69) is 17.6 Å². The maximum absolute atomic E-state index is 10.3. The third-order valence-corrected chi connectivity index (χ3v) is 3.44. The van der Waals surface area contributed by atoms with Crippen molar-refractivity contribution in [3.05, 3.63) is 0 Å². The normalized spacial score (nSPS) is 10.8. The Morgan fingerprint density at radius 1 is 0.750 bits per heavy atom. The molecule has 0 saturated heterocycles. The van der Waals surface area contributed by atoms with E-state index in [4.69, 9.17) is 5.11 Å². The standard InChI is InChI=1S/C16H34N2O2/c1-2-3-4-5-6-7-8-9-10-12-17-13-11-14-18-15-16(19)20/h17-18H,2-15H2,1H3,(H,19,20). The number of nitrogens with one attached hydrogen (secondary N) is 2. The molecule has 4 heteroatoms. The molecule has 0 aliphatic heterocycles. The van der Waals surface area contributed by atoms with E-state index in [1.165, 1.54) is 57.8 Å². The highest BCUT2D eigenvalue weighted by Gasteiger charge is 1.95. The largest absolute Gasteiger partial charge is 0.480 e. The van der Waals surface area contributed by atoms with Crippen molar-refractivity contribution in [2.45, 2.75) is 71.1 Å². The second kappa shape index (κ2) is 16.4. The van der Waals surface area contributed by atoms with Crippen LogP contribution in [-0.4, -0.2) is 37.3 Å². The van der Waals surface area contributed by atoms with Gasteiger partial charge in [0.2, 0.25) is 0 Å². The molecule has 0 aromatic carbocycles. The minimum atomic E-state index is -0.785. The Hall–Kier alpha value is -0.610. The third kappa shape index (κ3) is 17.4. The van der Waals surface area contributed by atoms with Crippen LogP contribution in [0.3, 0.4) is 0 Å². The summed E-state index contributed by atoms with van der Waals surface area (Å²) in [6, 6.07) is 0. The molecule has 0 bridgehead atoms. The Balaban J connectivity index is 2.94. The Labute approximate surface area is 124 Å². The molecular weight excluding hydrogens is 252 g/mol. The number of carboxylic acid groups (broad SMARTS) is 1. The van der Waals surface area contributed by atoms with Crippen LogP contribution in [0.25, 0.3) is 0 Å². The molecule has 0 fully saturated rings. The van der Waals surface area contributed by atoms with Gasteiger partial charge in [0, 0.05) is 0 Å². The lowest BCUT2D eigenvalue weighted by Gasteiger charge is -2.05. The molecule has 0 aromatic heterocycles. The van der Waals surface area contributed by atoms with Gasteiger partial charge in [-0.05, 0) is 32.5 Å². The molecule has 0 unspecified atom stereocenters. The van der Waals surface area contributed by atoms with E-state index in [0.717, 1.165) is 26.1 Å². The minimum absolute atomic E-state index is 0.0677. The van der Waals surface area contributed by atoms with Crippen molar-refractivity contribution in [2.75, 3.05) is 26.2 Å². The Bertz CT molecular complexity index is 211. The van der Waals surface area contributed by atoms with Gasteiger partial charge in [0.1, 0.15) is 0 Å². The predicted octanol–water partition coefficient (Wildman–Crippen LogP) is 3.17. The van der Waals surface area contributed by atoms with Crippen molar-refractivity contribution < 1.29 is 9.90 Å². The van der Waals surface area contributed by atoms with Crippen molar-refractivity contribution in [1.29, 1.82) is 0 Å². The number of carbonyl (C=O) groups is 1. The summed E-state index contributed by atoms with van der Waals surface area (Å²) in [5.41, 5.74) is 0. The number of rotatable bonds is 16. The second-order valence-corrected chi connectivity index (χ2v) is 5.50. The van der Waals surface area contributed by atoms with Crippen LogP contribution in [0.2, 0.25) is 0 Å². The molecule has 4 nitrogen and oxygen atoms in total. The van der Waals surface area contributed by atoms with E-state index >= 15 is 0 Å². The Morgan fingerprint density at radius 2 is 1.25 bits per heavy atom. The zero-order valence-corrected chi connectivity index (χ0v) is 13.3. The topological polar surface area (TPSA) is 61.4 Å². The molecule has 0 saturated carbocycles. The van der Waals surface area contributed by atoms with Crippen molar-refractivity contribution in [3.63, 3.8) is 0 Å². The number of unbranched alkanes of at least 4 members (excludes halogenated alkanes) is 8. The van der Waals surface area contributed by atoms with Gasteiger partial charge in [-0.15, -0.1) is 0 Å². The highest BCUT2D eigenvalue weighted by Crippen LogP contribution is 2.09. The summed E-state index contributed by atoms with van der Waals surface area (Å²) in [6.07, 6.45) is 13.3. The average molecular weight is 286 g/mol. The van der Waals surface area contributed by atoms with Gasteiger partial charge in [-0.25, -0.2) is 0 Å². The molecule has 120 valence electrons. The first kappa shape index (κ1) is 19.4. The Kier molecular flexibility index (Phi) is 15.9. The van der Waals surface area contributed by atoms with Gasteiger partial charge in [-0.2, -0.15) is 0 Å². The zero-order valence-electron chi connectivity index (χ0n) is 13.3. The number of hydrogen-bond acceptors (Lipinski definition) is 3. The van der Waals surface area contributed by atoms with E-state index in [1.54, 1.807) is 0 Å². The third-order valence-electron chi connectivity index (χ3n) is 3.44. The van der Waals surface area contributed by atoms with Crippen molar-refractivity contribution >= 4 is 5.97 Å². The molecule has 0 aliphatic carbocycles. The van der Waals surface area contributed by atoms with Crippen LogP contribution < -0.4 is 10.6 Å². The maximum Gasteiger partial charge on any atom is 0.317 e. The summed E-state index contributed by atoms with van der Waals surface area (Å²) in [4.78, 5) is 10.3. The van der Waals surface area contributed by atoms with E-state index < -0.39 is 5.97 Å². The van der Waals surface area contributed by atoms with Gasteiger partial charge in [-0.3, -0.25) is 4.79 Å². The van der Waals surface area contributed by atoms with E-state index in [0.29, 0.717) is 0 Å². The molecule has 0 atom stereocenters. The number of carboxylic acids is 1. The van der Waals surface area contributed by atoms with Crippen LogP contribution in [0.1, 0.15) is 71.1 Å². The fraction of sp³-hybridized carbons (Fsp3) is 0.938. The first-order valence-electron chi connectivity index (χ1n) is 8.40. The fourth-order valence-corrected chi connectivity index (χ4v) is 2.22. The van der Waals surface area contributed by atoms with Gasteiger partial charge in [0.25, 0.3) is 0 Å². The molecule has 20 heavy (non-hydrogen) atoms. The molecular formula is C16H34N2O2. The molecule has 0 aromatic rings. The highest BCUT2D eigenvalue weighted by atomic mass is 16.4. The van der Waals surface area contributed by atoms with E-state index in [1.807, 2.05) is 0 Å². The van der Waals surface area contributed by atoms with Crippen molar-refractivity contribution in [3.8, 4) is 0 Å². The molecule has 3 N–H and O–H groups in total. The Morgan fingerprint density at radius 3 is 1.85 bits per heavy atom. The fourth-order valence-electron chi connectivity index (χ4n) is 2.22. The van der Waals surface area contributed by atoms with Crippen LogP contribution in [0.15, 0.2) is 0 Å². The average Bonchev–Trinajstić information content (AvgIpc) is 2.43. The van der Waals surface area contributed by atoms with E-state index in [-0.39, 0.29) is 6.54 Å². The van der Waals surface area contributed by atoms with Crippen molar-refractivity contribution in [1.82, 2.24) is 10.6 Å². The number of aliphatic carboxylic acids is 1. The second-order valence-electron chi connectivity index (χ2n) is 5.50.